The molecule has 0 bridgehead atoms. The Balaban J connectivity index is 1.66. The van der Waals surface area contributed by atoms with Crippen LogP contribution in [0.2, 0.25) is 0 Å². The zero-order valence-corrected chi connectivity index (χ0v) is 14.6. The largest absolute Gasteiger partial charge is 0.327 e. The number of pyridine rings is 1. The number of hydrogen-bond donors (Lipinski definition) is 0. The minimum atomic E-state index is -3.18. The maximum absolute atomic E-state index is 12.7. The van der Waals surface area contributed by atoms with E-state index in [0.717, 1.165) is 42.8 Å². The van der Waals surface area contributed by atoms with Crippen LogP contribution in [0.5, 0.6) is 0 Å². The lowest BCUT2D eigenvalue weighted by molar-refractivity contribution is 0.373. The Morgan fingerprint density at radius 2 is 2.08 bits per heavy atom. The second kappa shape index (κ2) is 5.97. The molecule has 0 N–H and O–H groups in total. The molecule has 0 amide bonds. The van der Waals surface area contributed by atoms with E-state index in [4.69, 9.17) is 0 Å². The zero-order valence-electron chi connectivity index (χ0n) is 13.8. The van der Waals surface area contributed by atoms with Crippen molar-refractivity contribution in [2.24, 2.45) is 0 Å². The highest BCUT2D eigenvalue weighted by molar-refractivity contribution is 7.90. The van der Waals surface area contributed by atoms with Gasteiger partial charge in [0.05, 0.1) is 17.8 Å². The van der Waals surface area contributed by atoms with Crippen molar-refractivity contribution in [3.8, 4) is 0 Å². The molecule has 2 aliphatic rings. The minimum absolute atomic E-state index is 0.138. The molecule has 6 nitrogen and oxygen atoms in total. The van der Waals surface area contributed by atoms with E-state index < -0.39 is 10.0 Å². The third-order valence-electron chi connectivity index (χ3n) is 4.92. The Labute approximate surface area is 142 Å². The summed E-state index contributed by atoms with van der Waals surface area (Å²) in [5.41, 5.74) is 2.14. The Bertz CT molecular complexity index is 828. The highest BCUT2D eigenvalue weighted by Crippen LogP contribution is 2.40. The molecule has 0 radical (unpaired) electrons. The Kier molecular flexibility index (Phi) is 3.92. The molecule has 0 aromatic carbocycles. The molecule has 1 aliphatic heterocycles. The summed E-state index contributed by atoms with van der Waals surface area (Å²) < 4.78 is 29.3. The van der Waals surface area contributed by atoms with Gasteiger partial charge in [0.15, 0.2) is 0 Å². The fraction of sp³-hybridized carbons (Fsp3) is 0.529. The fourth-order valence-corrected chi connectivity index (χ4v) is 5.54. The van der Waals surface area contributed by atoms with Crippen molar-refractivity contribution in [3.63, 3.8) is 0 Å². The molecule has 4 rings (SSSR count). The average Bonchev–Trinajstić information content (AvgIpc) is 3.23. The van der Waals surface area contributed by atoms with Crippen molar-refractivity contribution in [1.29, 1.82) is 0 Å². The van der Waals surface area contributed by atoms with Gasteiger partial charge in [0.2, 0.25) is 10.0 Å². The van der Waals surface area contributed by atoms with Gasteiger partial charge in [-0.05, 0) is 44.2 Å². The van der Waals surface area contributed by atoms with Gasteiger partial charge >= 0.3 is 0 Å². The van der Waals surface area contributed by atoms with Crippen LogP contribution in [0.3, 0.4) is 0 Å². The monoisotopic (exact) mass is 346 g/mol. The summed E-state index contributed by atoms with van der Waals surface area (Å²) in [5.74, 6) is 0.859. The quantitative estimate of drug-likeness (QED) is 0.833. The molecular weight excluding hydrogens is 324 g/mol. The van der Waals surface area contributed by atoms with Crippen molar-refractivity contribution in [3.05, 3.63) is 47.8 Å². The highest BCUT2D eigenvalue weighted by atomic mass is 32.2. The molecule has 1 unspecified atom stereocenters. The maximum atomic E-state index is 12.7. The van der Waals surface area contributed by atoms with E-state index in [-0.39, 0.29) is 11.3 Å². The van der Waals surface area contributed by atoms with Crippen molar-refractivity contribution in [2.75, 3.05) is 6.54 Å². The lowest BCUT2D eigenvalue weighted by Gasteiger charge is -2.24. The first kappa shape index (κ1) is 15.8. The van der Waals surface area contributed by atoms with Gasteiger partial charge in [-0.25, -0.2) is 13.4 Å². The van der Waals surface area contributed by atoms with Crippen molar-refractivity contribution in [2.45, 2.75) is 50.4 Å². The molecule has 0 spiro atoms. The number of hydrogen-bond acceptors (Lipinski definition) is 4. The summed E-state index contributed by atoms with van der Waals surface area (Å²) in [6.07, 6.45) is 8.78. The summed E-state index contributed by atoms with van der Waals surface area (Å²) in [4.78, 5) is 8.74. The third kappa shape index (κ3) is 2.75. The van der Waals surface area contributed by atoms with Gasteiger partial charge in [0.25, 0.3) is 0 Å². The third-order valence-corrected chi connectivity index (χ3v) is 7.33. The summed E-state index contributed by atoms with van der Waals surface area (Å²) in [6, 6.07) is 3.81. The SMILES string of the molecule is Cc1cnc(C2CCCN2S(=O)(=O)C2CC2)n1Cc1cccnc1. The number of sulfonamides is 1. The molecule has 2 aromatic heterocycles. The minimum Gasteiger partial charge on any atom is -0.327 e. The number of aryl methyl sites for hydroxylation is 1. The number of aromatic nitrogens is 3. The van der Waals surface area contributed by atoms with Gasteiger partial charge < -0.3 is 4.57 Å². The zero-order chi connectivity index (χ0) is 16.7. The van der Waals surface area contributed by atoms with Crippen LogP contribution in [0, 0.1) is 6.92 Å². The first-order valence-electron chi connectivity index (χ1n) is 8.49. The van der Waals surface area contributed by atoms with E-state index in [1.54, 1.807) is 10.5 Å². The molecule has 3 heterocycles. The van der Waals surface area contributed by atoms with Crippen LogP contribution in [-0.2, 0) is 16.6 Å². The van der Waals surface area contributed by atoms with Crippen molar-refractivity contribution < 1.29 is 8.42 Å². The van der Waals surface area contributed by atoms with Crippen LogP contribution < -0.4 is 0 Å². The average molecular weight is 346 g/mol. The van der Waals surface area contributed by atoms with Crippen LogP contribution in [0.25, 0.3) is 0 Å². The molecule has 128 valence electrons. The smallest absolute Gasteiger partial charge is 0.217 e. The predicted octanol–water partition coefficient (Wildman–Crippen LogP) is 2.26. The van der Waals surface area contributed by atoms with Gasteiger partial charge in [-0.1, -0.05) is 6.07 Å². The standard InChI is InChI=1S/C17H22N4O2S/c1-13-10-19-17(20(13)12-14-4-2-8-18-11-14)16-5-3-9-21(16)24(22,23)15-6-7-15/h2,4,8,10-11,15-16H,3,5-7,9,12H2,1H3. The predicted molar refractivity (Wildman–Crippen MR) is 90.9 cm³/mol. The number of nitrogens with zero attached hydrogens (tertiary/aromatic N) is 4. The van der Waals surface area contributed by atoms with Crippen molar-refractivity contribution in [1.82, 2.24) is 18.8 Å². The van der Waals surface area contributed by atoms with Crippen LogP contribution in [0.1, 0.15) is 48.8 Å². The molecule has 1 saturated heterocycles. The van der Waals surface area contributed by atoms with E-state index in [1.165, 1.54) is 0 Å². The lowest BCUT2D eigenvalue weighted by Crippen LogP contribution is -2.34. The molecule has 1 saturated carbocycles. The van der Waals surface area contributed by atoms with Crippen LogP contribution in [0.15, 0.2) is 30.7 Å². The normalized spacial score (nSPS) is 22.1. The van der Waals surface area contributed by atoms with Gasteiger partial charge in [-0.3, -0.25) is 4.98 Å². The van der Waals surface area contributed by atoms with Gasteiger partial charge in [-0.15, -0.1) is 0 Å². The van der Waals surface area contributed by atoms with Gasteiger partial charge in [-0.2, -0.15) is 4.31 Å². The molecule has 2 fully saturated rings. The summed E-state index contributed by atoms with van der Waals surface area (Å²) in [7, 11) is -3.18. The van der Waals surface area contributed by atoms with Crippen molar-refractivity contribution >= 4 is 10.0 Å². The fourth-order valence-electron chi connectivity index (χ4n) is 3.49. The Morgan fingerprint density at radius 1 is 1.25 bits per heavy atom. The Morgan fingerprint density at radius 3 is 2.79 bits per heavy atom. The van der Waals surface area contributed by atoms with E-state index in [0.29, 0.717) is 13.1 Å². The maximum Gasteiger partial charge on any atom is 0.217 e. The topological polar surface area (TPSA) is 68.1 Å². The van der Waals surface area contributed by atoms with Gasteiger partial charge in [0.1, 0.15) is 5.82 Å². The molecule has 2 aromatic rings. The van der Waals surface area contributed by atoms with E-state index in [2.05, 4.69) is 14.5 Å². The number of rotatable bonds is 5. The van der Waals surface area contributed by atoms with Crippen LogP contribution >= 0.6 is 0 Å². The molecule has 1 aliphatic carbocycles. The van der Waals surface area contributed by atoms with E-state index in [9.17, 15) is 8.42 Å². The highest BCUT2D eigenvalue weighted by Gasteiger charge is 2.45. The van der Waals surface area contributed by atoms with Crippen LogP contribution in [0.4, 0.5) is 0 Å². The van der Waals surface area contributed by atoms with E-state index in [1.807, 2.05) is 31.5 Å². The molecule has 1 atom stereocenters. The molecule has 24 heavy (non-hydrogen) atoms. The molecule has 7 heteroatoms. The van der Waals surface area contributed by atoms with Gasteiger partial charge in [0, 0.05) is 30.8 Å². The second-order valence-corrected chi connectivity index (χ2v) is 8.88. The molecular formula is C17H22N4O2S. The summed E-state index contributed by atoms with van der Waals surface area (Å²) in [6.45, 7) is 3.30. The summed E-state index contributed by atoms with van der Waals surface area (Å²) in [5, 5.41) is -0.166. The Hall–Kier alpha value is -1.73. The first-order valence-corrected chi connectivity index (χ1v) is 9.99. The van der Waals surface area contributed by atoms with Crippen LogP contribution in [-0.4, -0.2) is 39.1 Å². The summed E-state index contributed by atoms with van der Waals surface area (Å²) >= 11 is 0. The van der Waals surface area contributed by atoms with E-state index >= 15 is 0 Å². The lowest BCUT2D eigenvalue weighted by atomic mass is 10.2. The number of imidazole rings is 1. The first-order chi connectivity index (χ1) is 11.6. The second-order valence-electron chi connectivity index (χ2n) is 6.72.